The summed E-state index contributed by atoms with van der Waals surface area (Å²) in [6.07, 6.45) is 0. The van der Waals surface area contributed by atoms with Crippen LogP contribution in [-0.4, -0.2) is 18.5 Å². The highest BCUT2D eigenvalue weighted by atomic mass is 35.5. The Hall–Kier alpha value is -4.10. The minimum atomic E-state index is -0.791. The number of carbonyl (C=O) groups is 2. The third kappa shape index (κ3) is 5.78. The van der Waals surface area contributed by atoms with Gasteiger partial charge in [-0.3, -0.25) is 4.79 Å². The Labute approximate surface area is 193 Å². The molecule has 1 aromatic heterocycles. The number of halogens is 1. The molecular formula is C25H18ClNO6. The summed E-state index contributed by atoms with van der Waals surface area (Å²) in [7, 11) is 0. The van der Waals surface area contributed by atoms with Crippen LogP contribution in [0.1, 0.15) is 15.9 Å². The lowest BCUT2D eigenvalue weighted by atomic mass is 10.1. The molecule has 0 radical (unpaired) electrons. The number of esters is 1. The molecule has 0 spiro atoms. The Morgan fingerprint density at radius 1 is 0.909 bits per heavy atom. The van der Waals surface area contributed by atoms with Gasteiger partial charge in [0.2, 0.25) is 0 Å². The van der Waals surface area contributed by atoms with E-state index in [1.54, 1.807) is 30.3 Å². The first kappa shape index (κ1) is 22.1. The van der Waals surface area contributed by atoms with Crippen LogP contribution in [0.3, 0.4) is 0 Å². The molecule has 4 aromatic rings. The second kappa shape index (κ2) is 10.0. The van der Waals surface area contributed by atoms with E-state index in [0.29, 0.717) is 16.2 Å². The minimum absolute atomic E-state index is 0.113. The highest BCUT2D eigenvalue weighted by molar-refractivity contribution is 6.30. The Balaban J connectivity index is 1.42. The van der Waals surface area contributed by atoms with E-state index in [9.17, 15) is 14.4 Å². The topological polar surface area (TPSA) is 94.8 Å². The van der Waals surface area contributed by atoms with Gasteiger partial charge in [-0.15, -0.1) is 0 Å². The number of ether oxygens (including phenoxy) is 2. The van der Waals surface area contributed by atoms with Gasteiger partial charge in [-0.25, -0.2) is 9.59 Å². The van der Waals surface area contributed by atoms with Gasteiger partial charge < -0.3 is 19.2 Å². The fraction of sp³-hybridized carbons (Fsp3) is 0.0800. The molecule has 8 heteroatoms. The van der Waals surface area contributed by atoms with Gasteiger partial charge in [-0.1, -0.05) is 48.0 Å². The van der Waals surface area contributed by atoms with Crippen LogP contribution >= 0.6 is 11.6 Å². The second-order valence-electron chi connectivity index (χ2n) is 7.04. The summed E-state index contributed by atoms with van der Waals surface area (Å²) < 4.78 is 15.9. The smallest absolute Gasteiger partial charge is 0.349 e. The molecule has 1 heterocycles. The van der Waals surface area contributed by atoms with E-state index in [-0.39, 0.29) is 30.0 Å². The molecule has 4 rings (SSSR count). The van der Waals surface area contributed by atoms with Crippen molar-refractivity contribution in [3.8, 4) is 11.5 Å². The summed E-state index contributed by atoms with van der Waals surface area (Å²) in [5.74, 6) is -0.578. The number of hydrogen-bond donors (Lipinski definition) is 1. The summed E-state index contributed by atoms with van der Waals surface area (Å²) in [4.78, 5) is 36.9. The molecule has 0 saturated carbocycles. The van der Waals surface area contributed by atoms with E-state index >= 15 is 0 Å². The van der Waals surface area contributed by atoms with Gasteiger partial charge in [0.05, 0.1) is 0 Å². The van der Waals surface area contributed by atoms with Crippen molar-refractivity contribution in [1.82, 2.24) is 5.32 Å². The Bertz CT molecular complexity index is 1370. The third-order valence-corrected chi connectivity index (χ3v) is 4.87. The molecule has 0 aliphatic heterocycles. The summed E-state index contributed by atoms with van der Waals surface area (Å²) in [6.45, 7) is -0.0495. The molecule has 3 aromatic carbocycles. The first-order chi connectivity index (χ1) is 16.0. The number of rotatable bonds is 7. The highest BCUT2D eigenvalue weighted by Gasteiger charge is 2.15. The molecule has 0 fully saturated rings. The van der Waals surface area contributed by atoms with E-state index in [1.165, 1.54) is 18.2 Å². The molecule has 0 bridgehead atoms. The Morgan fingerprint density at radius 3 is 2.52 bits per heavy atom. The Morgan fingerprint density at radius 2 is 1.73 bits per heavy atom. The monoisotopic (exact) mass is 463 g/mol. The maximum atomic E-state index is 12.4. The average molecular weight is 464 g/mol. The molecule has 33 heavy (non-hydrogen) atoms. The van der Waals surface area contributed by atoms with Crippen LogP contribution in [0, 0.1) is 0 Å². The van der Waals surface area contributed by atoms with E-state index in [0.717, 1.165) is 5.56 Å². The molecule has 1 N–H and O–H groups in total. The molecule has 7 nitrogen and oxygen atoms in total. The van der Waals surface area contributed by atoms with E-state index in [2.05, 4.69) is 5.32 Å². The van der Waals surface area contributed by atoms with Gasteiger partial charge in [-0.05, 0) is 42.0 Å². The average Bonchev–Trinajstić information content (AvgIpc) is 2.81. The van der Waals surface area contributed by atoms with Crippen molar-refractivity contribution in [3.63, 3.8) is 0 Å². The fourth-order valence-corrected chi connectivity index (χ4v) is 3.23. The van der Waals surface area contributed by atoms with Crippen LogP contribution < -0.4 is 20.4 Å². The lowest BCUT2D eigenvalue weighted by Gasteiger charge is -2.08. The zero-order valence-electron chi connectivity index (χ0n) is 17.2. The predicted molar refractivity (Wildman–Crippen MR) is 123 cm³/mol. The number of carbonyl (C=O) groups excluding carboxylic acids is 2. The fourth-order valence-electron chi connectivity index (χ4n) is 3.05. The van der Waals surface area contributed by atoms with Gasteiger partial charge in [0, 0.05) is 23.0 Å². The van der Waals surface area contributed by atoms with Gasteiger partial charge in [0.25, 0.3) is 5.91 Å². The lowest BCUT2D eigenvalue weighted by molar-refractivity contribution is -0.136. The molecule has 0 saturated heterocycles. The van der Waals surface area contributed by atoms with Crippen molar-refractivity contribution in [2.45, 2.75) is 6.54 Å². The van der Waals surface area contributed by atoms with Crippen LogP contribution in [0.25, 0.3) is 11.0 Å². The van der Waals surface area contributed by atoms with Gasteiger partial charge >= 0.3 is 11.6 Å². The van der Waals surface area contributed by atoms with E-state index < -0.39 is 17.5 Å². The van der Waals surface area contributed by atoms with Crippen LogP contribution in [0.5, 0.6) is 11.5 Å². The molecule has 166 valence electrons. The highest BCUT2D eigenvalue weighted by Crippen LogP contribution is 2.21. The van der Waals surface area contributed by atoms with Gasteiger partial charge in [0.1, 0.15) is 22.6 Å². The normalized spacial score (nSPS) is 10.6. The summed E-state index contributed by atoms with van der Waals surface area (Å²) in [6, 6.07) is 21.9. The molecule has 1 amide bonds. The molecule has 0 aliphatic carbocycles. The number of hydrogen-bond acceptors (Lipinski definition) is 6. The molecule has 0 atom stereocenters. The summed E-state index contributed by atoms with van der Waals surface area (Å²) in [5.41, 5.74) is 0.182. The Kier molecular flexibility index (Phi) is 6.71. The maximum Gasteiger partial charge on any atom is 0.349 e. The first-order valence-corrected chi connectivity index (χ1v) is 10.3. The maximum absolute atomic E-state index is 12.4. The van der Waals surface area contributed by atoms with Crippen molar-refractivity contribution in [2.24, 2.45) is 0 Å². The standard InChI is InChI=1S/C25H18ClNO6/c26-18-7-4-8-19(12-18)31-15-23(28)32-20-10-9-17-11-21(25(30)33-22(17)13-20)24(29)27-14-16-5-2-1-3-6-16/h1-13H,14-15H2,(H,27,29). The molecule has 0 unspecified atom stereocenters. The van der Waals surface area contributed by atoms with Crippen LogP contribution in [0.4, 0.5) is 0 Å². The molecule has 0 aliphatic rings. The van der Waals surface area contributed by atoms with E-state index in [1.807, 2.05) is 30.3 Å². The third-order valence-electron chi connectivity index (χ3n) is 4.63. The molecular weight excluding hydrogens is 446 g/mol. The van der Waals surface area contributed by atoms with E-state index in [4.69, 9.17) is 25.5 Å². The zero-order valence-corrected chi connectivity index (χ0v) is 18.0. The number of amides is 1. The SMILES string of the molecule is O=C(COc1cccc(Cl)c1)Oc1ccc2cc(C(=O)NCc3ccccc3)c(=O)oc2c1. The van der Waals surface area contributed by atoms with Crippen molar-refractivity contribution in [1.29, 1.82) is 0 Å². The van der Waals surface area contributed by atoms with Crippen molar-refractivity contribution in [2.75, 3.05) is 6.61 Å². The summed E-state index contributed by atoms with van der Waals surface area (Å²) in [5, 5.41) is 3.69. The number of benzene rings is 3. The van der Waals surface area contributed by atoms with Gasteiger partial charge in [0.15, 0.2) is 6.61 Å². The minimum Gasteiger partial charge on any atom is -0.482 e. The van der Waals surface area contributed by atoms with Crippen molar-refractivity contribution < 1.29 is 23.5 Å². The quantitative estimate of drug-likeness (QED) is 0.248. The number of nitrogens with one attached hydrogen (secondary N) is 1. The summed E-state index contributed by atoms with van der Waals surface area (Å²) >= 11 is 5.88. The van der Waals surface area contributed by atoms with Crippen molar-refractivity contribution >= 4 is 34.4 Å². The lowest BCUT2D eigenvalue weighted by Crippen LogP contribution is -2.27. The predicted octanol–water partition coefficient (Wildman–Crippen LogP) is 4.36. The van der Waals surface area contributed by atoms with Crippen LogP contribution in [0.15, 0.2) is 88.1 Å². The van der Waals surface area contributed by atoms with Crippen LogP contribution in [0.2, 0.25) is 5.02 Å². The zero-order chi connectivity index (χ0) is 23.2. The first-order valence-electron chi connectivity index (χ1n) is 9.97. The van der Waals surface area contributed by atoms with Gasteiger partial charge in [-0.2, -0.15) is 0 Å². The van der Waals surface area contributed by atoms with Crippen molar-refractivity contribution in [3.05, 3.63) is 105 Å². The second-order valence-corrected chi connectivity index (χ2v) is 7.47. The largest absolute Gasteiger partial charge is 0.482 e. The van der Waals surface area contributed by atoms with Crippen LogP contribution in [-0.2, 0) is 11.3 Å². The number of fused-ring (bicyclic) bond motifs is 1.